The minimum Gasteiger partial charge on any atom is -0.356 e. The van der Waals surface area contributed by atoms with Crippen molar-refractivity contribution in [3.05, 3.63) is 81.3 Å². The predicted molar refractivity (Wildman–Crippen MR) is 129 cm³/mol. The van der Waals surface area contributed by atoms with Crippen LogP contribution in [-0.4, -0.2) is 28.4 Å². The number of fused-ring (bicyclic) bond motifs is 1. The Kier molecular flexibility index (Phi) is 6.84. The van der Waals surface area contributed by atoms with E-state index >= 15 is 0 Å². The molecule has 1 aliphatic heterocycles. The number of aromatic nitrogens is 2. The number of benzene rings is 1. The third-order valence-electron chi connectivity index (χ3n) is 5.92. The van der Waals surface area contributed by atoms with Gasteiger partial charge in [0.2, 0.25) is 0 Å². The first-order valence-electron chi connectivity index (χ1n) is 11.3. The van der Waals surface area contributed by atoms with Crippen molar-refractivity contribution >= 4 is 23.4 Å². The molecule has 4 rings (SSSR count). The van der Waals surface area contributed by atoms with Gasteiger partial charge in [0.25, 0.3) is 11.5 Å². The first-order chi connectivity index (χ1) is 16.1. The summed E-state index contributed by atoms with van der Waals surface area (Å²) in [6, 6.07) is 15.2. The molecule has 7 heteroatoms. The number of pyridine rings is 1. The number of nitrogens with one attached hydrogen (secondary N) is 1. The van der Waals surface area contributed by atoms with Crippen LogP contribution in [0.25, 0.3) is 11.7 Å². The van der Waals surface area contributed by atoms with Gasteiger partial charge < -0.3 is 10.2 Å². The Morgan fingerprint density at radius 2 is 1.85 bits per heavy atom. The monoisotopic (exact) mass is 441 g/mol. The zero-order chi connectivity index (χ0) is 23.2. The molecule has 1 aromatic carbocycles. The first kappa shape index (κ1) is 22.3. The molecule has 0 saturated carbocycles. The fourth-order valence-corrected chi connectivity index (χ4v) is 4.12. The van der Waals surface area contributed by atoms with E-state index in [1.165, 1.54) is 10.5 Å². The van der Waals surface area contributed by atoms with Gasteiger partial charge in [-0.15, -0.1) is 0 Å². The van der Waals surface area contributed by atoms with Crippen LogP contribution in [0.2, 0.25) is 0 Å². The van der Waals surface area contributed by atoms with Crippen LogP contribution >= 0.6 is 0 Å². The number of nitriles is 1. The second-order valence-corrected chi connectivity index (χ2v) is 8.28. The maximum absolute atomic E-state index is 13.5. The molecule has 168 valence electrons. The van der Waals surface area contributed by atoms with Gasteiger partial charge in [-0.1, -0.05) is 49.2 Å². The summed E-state index contributed by atoms with van der Waals surface area (Å²) in [5.74, 6) is 0.0247. The van der Waals surface area contributed by atoms with E-state index in [-0.39, 0.29) is 16.7 Å². The minimum absolute atomic E-state index is 0.117. The number of aryl methyl sites for hydroxylation is 1. The van der Waals surface area contributed by atoms with Crippen LogP contribution in [0.3, 0.4) is 0 Å². The van der Waals surface area contributed by atoms with E-state index in [4.69, 9.17) is 4.98 Å². The van der Waals surface area contributed by atoms with Gasteiger partial charge in [-0.3, -0.25) is 14.0 Å². The standard InChI is InChI=1S/C26H27N5O2/c1-19-10-9-15-31-23(19)29-24(30-13-7-2-3-8-14-30)22(26(31)33)16-21(17-27)25(32)28-18-20-11-5-4-6-12-20/h4-6,9-12,15-16H,2-3,7-8,13-14,18H2,1H3,(H,28,32). The third-order valence-corrected chi connectivity index (χ3v) is 5.92. The summed E-state index contributed by atoms with van der Waals surface area (Å²) in [5.41, 5.74) is 2.27. The highest BCUT2D eigenvalue weighted by atomic mass is 16.1. The largest absolute Gasteiger partial charge is 0.356 e. The zero-order valence-corrected chi connectivity index (χ0v) is 18.8. The van der Waals surface area contributed by atoms with Gasteiger partial charge in [0.05, 0.1) is 5.56 Å². The summed E-state index contributed by atoms with van der Waals surface area (Å²) in [6.07, 6.45) is 7.37. The lowest BCUT2D eigenvalue weighted by atomic mass is 10.1. The molecule has 1 saturated heterocycles. The SMILES string of the molecule is Cc1cccn2c(=O)c(C=C(C#N)C(=O)NCc3ccccc3)c(N3CCCCCC3)nc12. The number of rotatable bonds is 5. The van der Waals surface area contributed by atoms with E-state index in [0.717, 1.165) is 49.9 Å². The van der Waals surface area contributed by atoms with Gasteiger partial charge in [0.1, 0.15) is 23.1 Å². The van der Waals surface area contributed by atoms with Gasteiger partial charge in [-0.25, -0.2) is 4.98 Å². The normalized spacial score (nSPS) is 14.5. The Morgan fingerprint density at radius 1 is 1.12 bits per heavy atom. The molecular formula is C26H27N5O2. The molecule has 2 aromatic heterocycles. The van der Waals surface area contributed by atoms with Crippen molar-refractivity contribution < 1.29 is 4.79 Å². The molecule has 0 unspecified atom stereocenters. The molecule has 1 aliphatic rings. The van der Waals surface area contributed by atoms with E-state index < -0.39 is 5.91 Å². The fraction of sp³-hybridized carbons (Fsp3) is 0.308. The van der Waals surface area contributed by atoms with E-state index in [9.17, 15) is 14.9 Å². The molecular weight excluding hydrogens is 414 g/mol. The second-order valence-electron chi connectivity index (χ2n) is 8.28. The molecule has 0 spiro atoms. The minimum atomic E-state index is -0.517. The van der Waals surface area contributed by atoms with Gasteiger partial charge in [-0.05, 0) is 43.0 Å². The zero-order valence-electron chi connectivity index (χ0n) is 18.8. The highest BCUT2D eigenvalue weighted by Gasteiger charge is 2.21. The summed E-state index contributed by atoms with van der Waals surface area (Å²) in [4.78, 5) is 33.2. The average Bonchev–Trinajstić information content (AvgIpc) is 3.12. The number of amides is 1. The van der Waals surface area contributed by atoms with Crippen LogP contribution in [0.5, 0.6) is 0 Å². The van der Waals surface area contributed by atoms with Crippen LogP contribution in [0.1, 0.15) is 42.4 Å². The molecule has 0 aliphatic carbocycles. The molecule has 1 N–H and O–H groups in total. The van der Waals surface area contributed by atoms with Crippen molar-refractivity contribution in [1.29, 1.82) is 5.26 Å². The lowest BCUT2D eigenvalue weighted by Crippen LogP contribution is -2.31. The number of hydrogen-bond donors (Lipinski definition) is 1. The highest BCUT2D eigenvalue weighted by molar-refractivity contribution is 6.02. The van der Waals surface area contributed by atoms with Crippen molar-refractivity contribution in [2.24, 2.45) is 0 Å². The molecule has 3 aromatic rings. The quantitative estimate of drug-likeness (QED) is 0.483. The van der Waals surface area contributed by atoms with Crippen LogP contribution in [0.15, 0.2) is 59.0 Å². The summed E-state index contributed by atoms with van der Waals surface area (Å²) in [5, 5.41) is 12.5. The molecule has 0 radical (unpaired) electrons. The molecule has 3 heterocycles. The molecule has 33 heavy (non-hydrogen) atoms. The summed E-state index contributed by atoms with van der Waals surface area (Å²) in [7, 11) is 0. The lowest BCUT2D eigenvalue weighted by molar-refractivity contribution is -0.117. The third kappa shape index (κ3) is 4.96. The molecule has 0 bridgehead atoms. The Bertz CT molecular complexity index is 1280. The number of carbonyl (C=O) groups excluding carboxylic acids is 1. The number of anilines is 1. The molecule has 1 amide bonds. The van der Waals surface area contributed by atoms with Crippen molar-refractivity contribution in [2.45, 2.75) is 39.2 Å². The maximum atomic E-state index is 13.5. The Balaban J connectivity index is 1.76. The lowest BCUT2D eigenvalue weighted by Gasteiger charge is -2.24. The smallest absolute Gasteiger partial charge is 0.267 e. The van der Waals surface area contributed by atoms with Gasteiger partial charge in [0.15, 0.2) is 0 Å². The topological polar surface area (TPSA) is 90.5 Å². The summed E-state index contributed by atoms with van der Waals surface area (Å²) < 4.78 is 1.49. The number of carbonyl (C=O) groups is 1. The van der Waals surface area contributed by atoms with Crippen LogP contribution in [0.4, 0.5) is 5.82 Å². The average molecular weight is 442 g/mol. The number of nitrogens with zero attached hydrogens (tertiary/aromatic N) is 4. The van der Waals surface area contributed by atoms with Crippen molar-refractivity contribution in [3.8, 4) is 6.07 Å². The van der Waals surface area contributed by atoms with Crippen LogP contribution < -0.4 is 15.8 Å². The van der Waals surface area contributed by atoms with Crippen molar-refractivity contribution in [3.63, 3.8) is 0 Å². The molecule has 0 atom stereocenters. The summed E-state index contributed by atoms with van der Waals surface area (Å²) in [6.45, 7) is 3.79. The van der Waals surface area contributed by atoms with Gasteiger partial charge >= 0.3 is 0 Å². The van der Waals surface area contributed by atoms with E-state index in [1.54, 1.807) is 12.3 Å². The Hall–Kier alpha value is -3.92. The Morgan fingerprint density at radius 3 is 2.55 bits per heavy atom. The van der Waals surface area contributed by atoms with Crippen LogP contribution in [-0.2, 0) is 11.3 Å². The second kappa shape index (κ2) is 10.1. The Labute approximate surface area is 193 Å². The molecule has 1 fully saturated rings. The van der Waals surface area contributed by atoms with Gasteiger partial charge in [0, 0.05) is 25.8 Å². The van der Waals surface area contributed by atoms with Crippen LogP contribution in [0, 0.1) is 18.3 Å². The van der Waals surface area contributed by atoms with E-state index in [1.807, 2.05) is 49.4 Å². The number of hydrogen-bond acceptors (Lipinski definition) is 5. The predicted octanol–water partition coefficient (Wildman–Crippen LogP) is 3.61. The summed E-state index contributed by atoms with van der Waals surface area (Å²) >= 11 is 0. The van der Waals surface area contributed by atoms with Gasteiger partial charge in [-0.2, -0.15) is 5.26 Å². The fourth-order valence-electron chi connectivity index (χ4n) is 4.12. The highest BCUT2D eigenvalue weighted by Crippen LogP contribution is 2.23. The van der Waals surface area contributed by atoms with E-state index in [0.29, 0.717) is 18.0 Å². The molecule has 7 nitrogen and oxygen atoms in total. The van der Waals surface area contributed by atoms with Crippen molar-refractivity contribution in [2.75, 3.05) is 18.0 Å². The first-order valence-corrected chi connectivity index (χ1v) is 11.3. The van der Waals surface area contributed by atoms with E-state index in [2.05, 4.69) is 10.2 Å². The van der Waals surface area contributed by atoms with Crippen molar-refractivity contribution in [1.82, 2.24) is 14.7 Å². The maximum Gasteiger partial charge on any atom is 0.267 e.